The van der Waals surface area contributed by atoms with Crippen molar-refractivity contribution in [2.75, 3.05) is 33.9 Å². The Morgan fingerprint density at radius 3 is 2.44 bits per heavy atom. The molecular formula is C20H31N3O4. The highest BCUT2D eigenvalue weighted by atomic mass is 16.5. The normalized spacial score (nSPS) is 15.9. The van der Waals surface area contributed by atoms with E-state index in [9.17, 15) is 9.59 Å². The molecule has 1 aromatic carbocycles. The van der Waals surface area contributed by atoms with Crippen LogP contribution in [0.15, 0.2) is 12.1 Å². The van der Waals surface area contributed by atoms with E-state index in [-0.39, 0.29) is 23.9 Å². The van der Waals surface area contributed by atoms with Gasteiger partial charge in [0.25, 0.3) is 0 Å². The molecule has 150 valence electrons. The van der Waals surface area contributed by atoms with Crippen molar-refractivity contribution in [3.8, 4) is 11.5 Å². The van der Waals surface area contributed by atoms with Crippen LogP contribution in [0.2, 0.25) is 0 Å². The van der Waals surface area contributed by atoms with Crippen molar-refractivity contribution in [2.24, 2.45) is 5.92 Å². The molecule has 0 saturated heterocycles. The van der Waals surface area contributed by atoms with Crippen LogP contribution < -0.4 is 20.1 Å². The van der Waals surface area contributed by atoms with Crippen LogP contribution in [0.3, 0.4) is 0 Å². The predicted octanol–water partition coefficient (Wildman–Crippen LogP) is 2.49. The molecule has 0 aromatic heterocycles. The fourth-order valence-electron chi connectivity index (χ4n) is 3.23. The van der Waals surface area contributed by atoms with E-state index in [4.69, 9.17) is 9.47 Å². The molecule has 0 spiro atoms. The van der Waals surface area contributed by atoms with Crippen molar-refractivity contribution in [3.05, 3.63) is 23.3 Å². The Morgan fingerprint density at radius 1 is 1.19 bits per heavy atom. The van der Waals surface area contributed by atoms with Gasteiger partial charge in [-0.05, 0) is 36.1 Å². The number of carbonyl (C=O) groups is 2. The largest absolute Gasteiger partial charge is 0.493 e. The summed E-state index contributed by atoms with van der Waals surface area (Å²) in [6, 6.07) is 3.51. The van der Waals surface area contributed by atoms with Gasteiger partial charge < -0.3 is 25.0 Å². The number of urea groups is 1. The van der Waals surface area contributed by atoms with Gasteiger partial charge in [-0.15, -0.1) is 0 Å². The average Bonchev–Trinajstić information content (AvgIpc) is 2.68. The molecule has 2 N–H and O–H groups in total. The van der Waals surface area contributed by atoms with E-state index < -0.39 is 0 Å². The molecule has 1 aliphatic rings. The second-order valence-electron chi connectivity index (χ2n) is 7.00. The lowest BCUT2D eigenvalue weighted by Gasteiger charge is -2.38. The predicted molar refractivity (Wildman–Crippen MR) is 104 cm³/mol. The first-order valence-electron chi connectivity index (χ1n) is 9.49. The quantitative estimate of drug-likeness (QED) is 0.765. The third-order valence-corrected chi connectivity index (χ3v) is 4.78. The van der Waals surface area contributed by atoms with Crippen molar-refractivity contribution in [1.82, 2.24) is 15.5 Å². The highest BCUT2D eigenvalue weighted by Gasteiger charge is 2.32. The van der Waals surface area contributed by atoms with Gasteiger partial charge in [0.1, 0.15) is 0 Å². The van der Waals surface area contributed by atoms with E-state index >= 15 is 0 Å². The number of carbonyl (C=O) groups excluding carboxylic acids is 2. The fraction of sp³-hybridized carbons (Fsp3) is 0.600. The monoisotopic (exact) mass is 377 g/mol. The van der Waals surface area contributed by atoms with Crippen LogP contribution in [-0.2, 0) is 11.2 Å². The number of nitrogens with one attached hydrogen (secondary N) is 2. The van der Waals surface area contributed by atoms with E-state index in [1.165, 1.54) is 0 Å². The second-order valence-corrected chi connectivity index (χ2v) is 7.00. The lowest BCUT2D eigenvalue weighted by molar-refractivity contribution is -0.124. The standard InChI is InChI=1S/C20H31N3O4/c1-6-8-21-20(25)23-9-7-14-10-17(26-4)18(27-5)11-15(14)16(23)12-22-19(24)13(2)3/h10-11,13,16H,6-9,12H2,1-5H3,(H,21,25)(H,22,24). The molecule has 27 heavy (non-hydrogen) atoms. The van der Waals surface area contributed by atoms with Crippen LogP contribution in [0.5, 0.6) is 11.5 Å². The van der Waals surface area contributed by atoms with E-state index in [1.807, 2.05) is 32.9 Å². The lowest BCUT2D eigenvalue weighted by Crippen LogP contribution is -2.49. The minimum absolute atomic E-state index is 0.0310. The molecule has 7 nitrogen and oxygen atoms in total. The maximum Gasteiger partial charge on any atom is 0.317 e. The molecule has 1 heterocycles. The van der Waals surface area contributed by atoms with Gasteiger partial charge in [0.05, 0.1) is 20.3 Å². The highest BCUT2D eigenvalue weighted by Crippen LogP contribution is 2.38. The van der Waals surface area contributed by atoms with E-state index in [0.29, 0.717) is 31.1 Å². The van der Waals surface area contributed by atoms with Crippen LogP contribution in [0.25, 0.3) is 0 Å². The number of rotatable bonds is 7. The second kappa shape index (κ2) is 9.48. The smallest absolute Gasteiger partial charge is 0.317 e. The molecule has 0 aliphatic carbocycles. The summed E-state index contributed by atoms with van der Waals surface area (Å²) in [7, 11) is 3.20. The molecular weight excluding hydrogens is 346 g/mol. The summed E-state index contributed by atoms with van der Waals surface area (Å²) in [6.07, 6.45) is 1.60. The molecule has 3 amide bonds. The summed E-state index contributed by atoms with van der Waals surface area (Å²) in [4.78, 5) is 26.6. The molecule has 1 aromatic rings. The van der Waals surface area contributed by atoms with Gasteiger partial charge in [-0.2, -0.15) is 0 Å². The zero-order valence-corrected chi connectivity index (χ0v) is 16.9. The zero-order valence-electron chi connectivity index (χ0n) is 16.9. The summed E-state index contributed by atoms with van der Waals surface area (Å²) in [5.41, 5.74) is 2.09. The van der Waals surface area contributed by atoms with Crippen molar-refractivity contribution in [3.63, 3.8) is 0 Å². The first kappa shape index (κ1) is 20.9. The van der Waals surface area contributed by atoms with E-state index in [2.05, 4.69) is 10.6 Å². The number of amides is 3. The number of hydrogen-bond donors (Lipinski definition) is 2. The van der Waals surface area contributed by atoms with Gasteiger partial charge in [0, 0.05) is 25.6 Å². The third kappa shape index (κ3) is 4.84. The van der Waals surface area contributed by atoms with Gasteiger partial charge in [0.2, 0.25) is 5.91 Å². The Labute approximate surface area is 161 Å². The SMILES string of the molecule is CCCNC(=O)N1CCc2cc(OC)c(OC)cc2C1CNC(=O)C(C)C. The summed E-state index contributed by atoms with van der Waals surface area (Å²) in [5, 5.41) is 5.91. The Bertz CT molecular complexity index is 675. The minimum atomic E-state index is -0.256. The van der Waals surface area contributed by atoms with Crippen molar-refractivity contribution < 1.29 is 19.1 Å². The molecule has 2 rings (SSSR count). The van der Waals surface area contributed by atoms with Gasteiger partial charge in [-0.25, -0.2) is 4.79 Å². The summed E-state index contributed by atoms with van der Waals surface area (Å²) >= 11 is 0. The van der Waals surface area contributed by atoms with Crippen LogP contribution >= 0.6 is 0 Å². The molecule has 0 saturated carbocycles. The Hall–Kier alpha value is -2.44. The van der Waals surface area contributed by atoms with Crippen molar-refractivity contribution >= 4 is 11.9 Å². The van der Waals surface area contributed by atoms with Gasteiger partial charge >= 0.3 is 6.03 Å². The minimum Gasteiger partial charge on any atom is -0.493 e. The first-order chi connectivity index (χ1) is 12.9. The fourth-order valence-corrected chi connectivity index (χ4v) is 3.23. The summed E-state index contributed by atoms with van der Waals surface area (Å²) in [5.74, 6) is 1.15. The number of nitrogens with zero attached hydrogens (tertiary/aromatic N) is 1. The highest BCUT2D eigenvalue weighted by molar-refractivity contribution is 5.78. The van der Waals surface area contributed by atoms with Crippen LogP contribution in [0, 0.1) is 5.92 Å². The number of fused-ring (bicyclic) bond motifs is 1. The molecule has 7 heteroatoms. The van der Waals surface area contributed by atoms with Gasteiger partial charge in [-0.3, -0.25) is 4.79 Å². The van der Waals surface area contributed by atoms with Crippen LogP contribution in [-0.4, -0.2) is 50.7 Å². The molecule has 1 aliphatic heterocycles. The molecule has 1 atom stereocenters. The number of methoxy groups -OCH3 is 2. The Kier molecular flexibility index (Phi) is 7.33. The van der Waals surface area contributed by atoms with Gasteiger partial charge in [0.15, 0.2) is 11.5 Å². The third-order valence-electron chi connectivity index (χ3n) is 4.78. The molecule has 1 unspecified atom stereocenters. The molecule has 0 fully saturated rings. The topological polar surface area (TPSA) is 79.9 Å². The molecule has 0 radical (unpaired) electrons. The van der Waals surface area contributed by atoms with Crippen molar-refractivity contribution in [2.45, 2.75) is 39.7 Å². The summed E-state index contributed by atoms with van der Waals surface area (Å²) < 4.78 is 10.9. The van der Waals surface area contributed by atoms with E-state index in [0.717, 1.165) is 24.0 Å². The van der Waals surface area contributed by atoms with Crippen LogP contribution in [0.1, 0.15) is 44.4 Å². The maximum atomic E-state index is 12.7. The van der Waals surface area contributed by atoms with E-state index in [1.54, 1.807) is 19.1 Å². The number of ether oxygens (including phenoxy) is 2. The molecule has 0 bridgehead atoms. The zero-order chi connectivity index (χ0) is 20.0. The Morgan fingerprint density at radius 2 is 1.85 bits per heavy atom. The van der Waals surface area contributed by atoms with Crippen LogP contribution in [0.4, 0.5) is 4.79 Å². The van der Waals surface area contributed by atoms with Gasteiger partial charge in [-0.1, -0.05) is 20.8 Å². The lowest BCUT2D eigenvalue weighted by atomic mass is 9.91. The van der Waals surface area contributed by atoms with Crippen molar-refractivity contribution in [1.29, 1.82) is 0 Å². The average molecular weight is 377 g/mol. The number of hydrogen-bond acceptors (Lipinski definition) is 4. The maximum absolute atomic E-state index is 12.7. The Balaban J connectivity index is 2.35. The summed E-state index contributed by atoms with van der Waals surface area (Å²) in [6.45, 7) is 7.29. The first-order valence-corrected chi connectivity index (χ1v) is 9.49. The number of benzene rings is 1.